The third-order valence-corrected chi connectivity index (χ3v) is 4.16. The van der Waals surface area contributed by atoms with Gasteiger partial charge >= 0.3 is 12.1 Å². The van der Waals surface area contributed by atoms with Crippen molar-refractivity contribution in [3.8, 4) is 17.1 Å². The Labute approximate surface area is 141 Å². The molecule has 1 aromatic heterocycles. The summed E-state index contributed by atoms with van der Waals surface area (Å²) in [5, 5.41) is 3.92. The molecule has 1 aliphatic heterocycles. The van der Waals surface area contributed by atoms with Gasteiger partial charge in [0.05, 0.1) is 7.11 Å². The molecule has 6 nitrogen and oxygen atoms in total. The number of halogens is 3. The van der Waals surface area contributed by atoms with Gasteiger partial charge in [-0.3, -0.25) is 4.79 Å². The molecule has 0 saturated carbocycles. The predicted octanol–water partition coefficient (Wildman–Crippen LogP) is 3.01. The zero-order chi connectivity index (χ0) is 18.0. The first-order valence-electron chi connectivity index (χ1n) is 7.72. The van der Waals surface area contributed by atoms with Crippen LogP contribution in [0.3, 0.4) is 0 Å². The van der Waals surface area contributed by atoms with Crippen LogP contribution in [-0.4, -0.2) is 47.3 Å². The number of carbonyl (C=O) groups is 1. The average molecular weight is 355 g/mol. The molecule has 0 unspecified atom stereocenters. The third-order valence-electron chi connectivity index (χ3n) is 4.16. The maximum Gasteiger partial charge on any atom is 0.471 e. The number of rotatable bonds is 3. The molecule has 25 heavy (non-hydrogen) atoms. The summed E-state index contributed by atoms with van der Waals surface area (Å²) in [6, 6.07) is 7.12. The summed E-state index contributed by atoms with van der Waals surface area (Å²) in [4.78, 5) is 16.4. The van der Waals surface area contributed by atoms with Crippen LogP contribution < -0.4 is 4.74 Å². The van der Waals surface area contributed by atoms with Gasteiger partial charge in [0.25, 0.3) is 0 Å². The second-order valence-electron chi connectivity index (χ2n) is 5.75. The first-order valence-corrected chi connectivity index (χ1v) is 7.72. The van der Waals surface area contributed by atoms with Crippen LogP contribution in [0.1, 0.15) is 24.7 Å². The number of methoxy groups -OCH3 is 1. The van der Waals surface area contributed by atoms with E-state index in [4.69, 9.17) is 9.26 Å². The number of piperidine rings is 1. The van der Waals surface area contributed by atoms with Crippen LogP contribution in [0.15, 0.2) is 28.8 Å². The van der Waals surface area contributed by atoms with Gasteiger partial charge < -0.3 is 14.2 Å². The maximum absolute atomic E-state index is 12.5. The van der Waals surface area contributed by atoms with Gasteiger partial charge in [0.2, 0.25) is 11.7 Å². The predicted molar refractivity (Wildman–Crippen MR) is 80.9 cm³/mol. The molecule has 0 radical (unpaired) electrons. The molecule has 2 aromatic rings. The largest absolute Gasteiger partial charge is 0.497 e. The lowest BCUT2D eigenvalue weighted by molar-refractivity contribution is -0.186. The molecule has 1 fully saturated rings. The van der Waals surface area contributed by atoms with Gasteiger partial charge in [0.15, 0.2) is 0 Å². The number of likely N-dealkylation sites (tertiary alicyclic amines) is 1. The van der Waals surface area contributed by atoms with Crippen molar-refractivity contribution in [3.05, 3.63) is 30.2 Å². The van der Waals surface area contributed by atoms with E-state index in [2.05, 4.69) is 10.1 Å². The third kappa shape index (κ3) is 3.75. The van der Waals surface area contributed by atoms with Gasteiger partial charge in [0.1, 0.15) is 5.75 Å². The lowest BCUT2D eigenvalue weighted by Crippen LogP contribution is -2.45. The Hall–Kier alpha value is -2.58. The topological polar surface area (TPSA) is 68.5 Å². The summed E-state index contributed by atoms with van der Waals surface area (Å²) in [6.45, 7) is 0.0342. The minimum atomic E-state index is -4.83. The van der Waals surface area contributed by atoms with Crippen molar-refractivity contribution in [1.82, 2.24) is 15.0 Å². The SMILES string of the molecule is COc1ccc(-c2noc(C3CCN(C(=O)C(F)(F)F)CC3)n2)cc1. The van der Waals surface area contributed by atoms with Gasteiger partial charge in [0, 0.05) is 24.6 Å². The van der Waals surface area contributed by atoms with E-state index in [0.717, 1.165) is 10.5 Å². The fourth-order valence-corrected chi connectivity index (χ4v) is 2.77. The number of ether oxygens (including phenoxy) is 1. The number of carbonyl (C=O) groups excluding carboxylic acids is 1. The molecule has 3 rings (SSSR count). The van der Waals surface area contributed by atoms with Crippen molar-refractivity contribution < 1.29 is 27.2 Å². The Morgan fingerprint density at radius 2 is 1.88 bits per heavy atom. The molecule has 0 N–H and O–H groups in total. The quantitative estimate of drug-likeness (QED) is 0.847. The highest BCUT2D eigenvalue weighted by Crippen LogP contribution is 2.30. The van der Waals surface area contributed by atoms with Crippen LogP contribution in [-0.2, 0) is 4.79 Å². The Kier molecular flexibility index (Phi) is 4.65. The molecule has 1 amide bonds. The minimum absolute atomic E-state index is 0.0171. The summed E-state index contributed by atoms with van der Waals surface area (Å²) in [6.07, 6.45) is -4.13. The monoisotopic (exact) mass is 355 g/mol. The Morgan fingerprint density at radius 1 is 1.24 bits per heavy atom. The van der Waals surface area contributed by atoms with E-state index in [1.54, 1.807) is 31.4 Å². The van der Waals surface area contributed by atoms with Crippen LogP contribution in [0.4, 0.5) is 13.2 Å². The maximum atomic E-state index is 12.5. The molecule has 1 saturated heterocycles. The molecule has 134 valence electrons. The first kappa shape index (κ1) is 17.2. The molecule has 0 spiro atoms. The van der Waals surface area contributed by atoms with Crippen LogP contribution in [0.2, 0.25) is 0 Å². The van der Waals surface area contributed by atoms with Gasteiger partial charge in [-0.2, -0.15) is 18.2 Å². The lowest BCUT2D eigenvalue weighted by Gasteiger charge is -2.30. The smallest absolute Gasteiger partial charge is 0.471 e. The standard InChI is InChI=1S/C16H16F3N3O3/c1-24-12-4-2-10(3-5-12)13-20-14(25-21-13)11-6-8-22(9-7-11)15(23)16(17,18)19/h2-5,11H,6-9H2,1H3. The number of aromatic nitrogens is 2. The number of amides is 1. The lowest BCUT2D eigenvalue weighted by atomic mass is 9.96. The fourth-order valence-electron chi connectivity index (χ4n) is 2.77. The van der Waals surface area contributed by atoms with Gasteiger partial charge in [-0.1, -0.05) is 5.16 Å². The number of hydrogen-bond donors (Lipinski definition) is 0. The molecule has 0 atom stereocenters. The zero-order valence-electron chi connectivity index (χ0n) is 13.4. The normalized spacial score (nSPS) is 16.1. The Morgan fingerprint density at radius 3 is 2.44 bits per heavy atom. The Bertz CT molecular complexity index is 735. The highest BCUT2D eigenvalue weighted by atomic mass is 19.4. The van der Waals surface area contributed by atoms with Crippen LogP contribution >= 0.6 is 0 Å². The average Bonchev–Trinajstić information content (AvgIpc) is 3.10. The minimum Gasteiger partial charge on any atom is -0.497 e. The molecular formula is C16H16F3N3O3. The van der Waals surface area contributed by atoms with Crippen molar-refractivity contribution in [2.45, 2.75) is 24.9 Å². The van der Waals surface area contributed by atoms with E-state index in [1.807, 2.05) is 0 Å². The van der Waals surface area contributed by atoms with Crippen molar-refractivity contribution in [2.75, 3.05) is 20.2 Å². The Balaban J connectivity index is 1.65. The van der Waals surface area contributed by atoms with Crippen molar-refractivity contribution >= 4 is 5.91 Å². The summed E-state index contributed by atoms with van der Waals surface area (Å²) in [5.74, 6) is -0.460. The molecule has 9 heteroatoms. The molecule has 0 bridgehead atoms. The summed E-state index contributed by atoms with van der Waals surface area (Å²) in [5.41, 5.74) is 0.750. The molecular weight excluding hydrogens is 339 g/mol. The van der Waals surface area contributed by atoms with Crippen molar-refractivity contribution in [2.24, 2.45) is 0 Å². The first-order chi connectivity index (χ1) is 11.9. The molecule has 2 heterocycles. The van der Waals surface area contributed by atoms with E-state index in [9.17, 15) is 18.0 Å². The van der Waals surface area contributed by atoms with E-state index >= 15 is 0 Å². The molecule has 0 aliphatic carbocycles. The fraction of sp³-hybridized carbons (Fsp3) is 0.438. The van der Waals surface area contributed by atoms with Crippen LogP contribution in [0, 0.1) is 0 Å². The zero-order valence-corrected chi connectivity index (χ0v) is 13.4. The van der Waals surface area contributed by atoms with Gasteiger partial charge in [-0.15, -0.1) is 0 Å². The highest BCUT2D eigenvalue weighted by Gasteiger charge is 2.43. The van der Waals surface area contributed by atoms with Crippen molar-refractivity contribution in [1.29, 1.82) is 0 Å². The molecule has 1 aromatic carbocycles. The van der Waals surface area contributed by atoms with Gasteiger partial charge in [-0.05, 0) is 37.1 Å². The summed E-state index contributed by atoms with van der Waals surface area (Å²) < 4.78 is 47.7. The van der Waals surface area contributed by atoms with Crippen LogP contribution in [0.5, 0.6) is 5.75 Å². The number of nitrogens with zero attached hydrogens (tertiary/aromatic N) is 3. The van der Waals surface area contributed by atoms with E-state index < -0.39 is 12.1 Å². The van der Waals surface area contributed by atoms with Gasteiger partial charge in [-0.25, -0.2) is 0 Å². The summed E-state index contributed by atoms with van der Waals surface area (Å²) >= 11 is 0. The van der Waals surface area contributed by atoms with Crippen molar-refractivity contribution in [3.63, 3.8) is 0 Å². The number of alkyl halides is 3. The van der Waals surface area contributed by atoms with Crippen LogP contribution in [0.25, 0.3) is 11.4 Å². The molecule has 1 aliphatic rings. The second kappa shape index (κ2) is 6.73. The number of benzene rings is 1. The van der Waals surface area contributed by atoms with E-state index in [1.165, 1.54) is 0 Å². The number of hydrogen-bond acceptors (Lipinski definition) is 5. The summed E-state index contributed by atoms with van der Waals surface area (Å²) in [7, 11) is 1.57. The van der Waals surface area contributed by atoms with E-state index in [-0.39, 0.29) is 19.0 Å². The highest BCUT2D eigenvalue weighted by molar-refractivity contribution is 5.81. The van der Waals surface area contributed by atoms with E-state index in [0.29, 0.717) is 30.3 Å². The second-order valence-corrected chi connectivity index (χ2v) is 5.75.